The van der Waals surface area contributed by atoms with Gasteiger partial charge in [-0.3, -0.25) is 15.0 Å². The van der Waals surface area contributed by atoms with Crippen molar-refractivity contribution < 1.29 is 9.53 Å². The highest BCUT2D eigenvalue weighted by Crippen LogP contribution is 2.34. The number of amides is 1. The summed E-state index contributed by atoms with van der Waals surface area (Å²) in [5.41, 5.74) is 1.56. The van der Waals surface area contributed by atoms with Gasteiger partial charge in [0.15, 0.2) is 0 Å². The number of hydrogen-bond acceptors (Lipinski definition) is 5. The topological polar surface area (TPSA) is 99.8 Å². The molecule has 2 aromatic heterocycles. The first-order chi connectivity index (χ1) is 12.3. The molecule has 134 valence electrons. The molecule has 4 rings (SSSR count). The van der Waals surface area contributed by atoms with Crippen molar-refractivity contribution in [3.63, 3.8) is 0 Å². The molecule has 1 amide bonds. The lowest BCUT2D eigenvalue weighted by Crippen LogP contribution is -2.32. The highest BCUT2D eigenvalue weighted by Gasteiger charge is 2.39. The van der Waals surface area contributed by atoms with Gasteiger partial charge in [0.1, 0.15) is 17.8 Å². The average Bonchev–Trinajstić information content (AvgIpc) is 3.41. The van der Waals surface area contributed by atoms with Gasteiger partial charge < -0.3 is 9.64 Å². The number of aromatic nitrogens is 5. The monoisotopic (exact) mass is 344 g/mol. The van der Waals surface area contributed by atoms with Crippen molar-refractivity contribution in [2.75, 3.05) is 13.7 Å². The van der Waals surface area contributed by atoms with Crippen LogP contribution in [-0.2, 0) is 4.74 Å². The Balaban J connectivity index is 1.53. The van der Waals surface area contributed by atoms with Crippen molar-refractivity contribution >= 4 is 5.91 Å². The van der Waals surface area contributed by atoms with Crippen LogP contribution in [0.5, 0.6) is 0 Å². The first-order valence-corrected chi connectivity index (χ1v) is 9.00. The Morgan fingerprint density at radius 3 is 2.84 bits per heavy atom. The van der Waals surface area contributed by atoms with Gasteiger partial charge in [0, 0.05) is 31.7 Å². The third-order valence-electron chi connectivity index (χ3n) is 5.47. The highest BCUT2D eigenvalue weighted by molar-refractivity contribution is 5.93. The lowest BCUT2D eigenvalue weighted by Gasteiger charge is -2.21. The number of methoxy groups -OCH3 is 1. The number of ether oxygens (including phenoxy) is 1. The van der Waals surface area contributed by atoms with E-state index in [-0.39, 0.29) is 18.1 Å². The summed E-state index contributed by atoms with van der Waals surface area (Å²) in [6, 6.07) is 1.77. The summed E-state index contributed by atoms with van der Waals surface area (Å²) in [5, 5.41) is 14.2. The summed E-state index contributed by atoms with van der Waals surface area (Å²) < 4.78 is 5.47. The van der Waals surface area contributed by atoms with E-state index in [2.05, 4.69) is 25.4 Å². The molecule has 8 nitrogen and oxygen atoms in total. The minimum Gasteiger partial charge on any atom is -0.380 e. The fourth-order valence-corrected chi connectivity index (χ4v) is 4.04. The van der Waals surface area contributed by atoms with E-state index in [1.54, 1.807) is 12.0 Å². The summed E-state index contributed by atoms with van der Waals surface area (Å²) in [4.78, 5) is 19.1. The molecule has 2 atom stereocenters. The van der Waals surface area contributed by atoms with E-state index < -0.39 is 0 Å². The lowest BCUT2D eigenvalue weighted by atomic mass is 9.87. The Morgan fingerprint density at radius 2 is 2.12 bits per heavy atom. The number of likely N-dealkylation sites (tertiary alicyclic amines) is 1. The summed E-state index contributed by atoms with van der Waals surface area (Å²) in [7, 11) is 1.67. The molecule has 0 spiro atoms. The Hall–Kier alpha value is -2.22. The second kappa shape index (κ2) is 6.95. The van der Waals surface area contributed by atoms with Crippen molar-refractivity contribution in [3.8, 4) is 0 Å². The van der Waals surface area contributed by atoms with Crippen molar-refractivity contribution in [1.82, 2.24) is 30.3 Å². The fourth-order valence-electron chi connectivity index (χ4n) is 4.04. The van der Waals surface area contributed by atoms with Gasteiger partial charge in [-0.2, -0.15) is 10.2 Å². The van der Waals surface area contributed by atoms with Crippen LogP contribution in [0.3, 0.4) is 0 Å². The van der Waals surface area contributed by atoms with Crippen LogP contribution in [0.4, 0.5) is 0 Å². The van der Waals surface area contributed by atoms with Crippen LogP contribution in [0.25, 0.3) is 0 Å². The lowest BCUT2D eigenvalue weighted by molar-refractivity contribution is 0.0678. The number of rotatable bonds is 4. The van der Waals surface area contributed by atoms with Crippen LogP contribution in [0.15, 0.2) is 12.4 Å². The summed E-state index contributed by atoms with van der Waals surface area (Å²) in [6.45, 7) is 0.534. The van der Waals surface area contributed by atoms with E-state index in [1.165, 1.54) is 38.4 Å². The Bertz CT molecular complexity index is 707. The SMILES string of the molecule is CO[C@@H]1C[C@@H](c2ncn[nH]2)N(C(=O)c2cc(C3CCCCC3)[nH]n2)C1. The van der Waals surface area contributed by atoms with Crippen LogP contribution >= 0.6 is 0 Å². The minimum atomic E-state index is -0.158. The van der Waals surface area contributed by atoms with E-state index in [9.17, 15) is 4.79 Å². The molecule has 2 fully saturated rings. The fraction of sp³-hybridized carbons (Fsp3) is 0.647. The maximum Gasteiger partial charge on any atom is 0.275 e. The maximum absolute atomic E-state index is 13.0. The van der Waals surface area contributed by atoms with Crippen LogP contribution in [0, 0.1) is 0 Å². The molecule has 0 unspecified atom stereocenters. The second-order valence-corrected chi connectivity index (χ2v) is 6.98. The Morgan fingerprint density at radius 1 is 1.28 bits per heavy atom. The molecular weight excluding hydrogens is 320 g/mol. The molecule has 0 aromatic carbocycles. The third-order valence-corrected chi connectivity index (χ3v) is 5.47. The minimum absolute atomic E-state index is 0.00388. The molecule has 1 saturated carbocycles. The van der Waals surface area contributed by atoms with Crippen LogP contribution in [0.1, 0.15) is 72.5 Å². The zero-order valence-electron chi connectivity index (χ0n) is 14.4. The van der Waals surface area contributed by atoms with E-state index >= 15 is 0 Å². The van der Waals surface area contributed by atoms with Gasteiger partial charge in [-0.05, 0) is 18.9 Å². The van der Waals surface area contributed by atoms with Gasteiger partial charge in [-0.1, -0.05) is 19.3 Å². The second-order valence-electron chi connectivity index (χ2n) is 6.98. The molecule has 2 aromatic rings. The molecule has 2 N–H and O–H groups in total. The number of hydrogen-bond donors (Lipinski definition) is 2. The van der Waals surface area contributed by atoms with E-state index in [1.807, 2.05) is 6.07 Å². The number of carbonyl (C=O) groups is 1. The number of carbonyl (C=O) groups excluding carboxylic acids is 1. The summed E-state index contributed by atoms with van der Waals surface area (Å²) in [5.74, 6) is 1.10. The Labute approximate surface area is 146 Å². The van der Waals surface area contributed by atoms with Crippen molar-refractivity contribution in [1.29, 1.82) is 0 Å². The van der Waals surface area contributed by atoms with E-state index in [0.717, 1.165) is 5.69 Å². The highest BCUT2D eigenvalue weighted by atomic mass is 16.5. The zero-order valence-corrected chi connectivity index (χ0v) is 14.4. The zero-order chi connectivity index (χ0) is 17.2. The van der Waals surface area contributed by atoms with Crippen LogP contribution < -0.4 is 0 Å². The molecular formula is C17H24N6O2. The van der Waals surface area contributed by atoms with Crippen molar-refractivity contribution in [2.45, 2.75) is 56.6 Å². The van der Waals surface area contributed by atoms with Gasteiger partial charge >= 0.3 is 0 Å². The average molecular weight is 344 g/mol. The van der Waals surface area contributed by atoms with Gasteiger partial charge in [-0.25, -0.2) is 4.98 Å². The molecule has 0 bridgehead atoms. The number of nitrogens with zero attached hydrogens (tertiary/aromatic N) is 4. The predicted octanol–water partition coefficient (Wildman–Crippen LogP) is 2.18. The summed E-state index contributed by atoms with van der Waals surface area (Å²) in [6.07, 6.45) is 8.32. The third kappa shape index (κ3) is 3.18. The smallest absolute Gasteiger partial charge is 0.275 e. The van der Waals surface area contributed by atoms with Gasteiger partial charge in [0.05, 0.1) is 12.1 Å². The molecule has 0 radical (unpaired) electrons. The maximum atomic E-state index is 13.0. The van der Waals surface area contributed by atoms with Gasteiger partial charge in [0.2, 0.25) is 0 Å². The van der Waals surface area contributed by atoms with Gasteiger partial charge in [-0.15, -0.1) is 0 Å². The summed E-state index contributed by atoms with van der Waals surface area (Å²) >= 11 is 0. The van der Waals surface area contributed by atoms with E-state index in [0.29, 0.717) is 30.4 Å². The van der Waals surface area contributed by atoms with Crippen LogP contribution in [0.2, 0.25) is 0 Å². The molecule has 1 aliphatic carbocycles. The number of H-pyrrole nitrogens is 2. The van der Waals surface area contributed by atoms with Crippen molar-refractivity contribution in [2.24, 2.45) is 0 Å². The number of nitrogens with one attached hydrogen (secondary N) is 2. The first kappa shape index (κ1) is 16.3. The van der Waals surface area contributed by atoms with Crippen LogP contribution in [-0.4, -0.2) is 55.9 Å². The predicted molar refractivity (Wildman–Crippen MR) is 90.0 cm³/mol. The molecule has 1 aliphatic heterocycles. The number of aromatic amines is 2. The van der Waals surface area contributed by atoms with Crippen molar-refractivity contribution in [3.05, 3.63) is 29.6 Å². The molecule has 2 aliphatic rings. The first-order valence-electron chi connectivity index (χ1n) is 9.00. The normalized spacial score (nSPS) is 24.8. The van der Waals surface area contributed by atoms with Gasteiger partial charge in [0.25, 0.3) is 5.91 Å². The largest absolute Gasteiger partial charge is 0.380 e. The molecule has 1 saturated heterocycles. The molecule has 25 heavy (non-hydrogen) atoms. The Kier molecular flexibility index (Phi) is 4.52. The quantitative estimate of drug-likeness (QED) is 0.885. The molecule has 3 heterocycles. The standard InChI is InChI=1S/C17H24N6O2/c1-25-12-7-15(16-18-10-19-22-16)23(9-12)17(24)14-8-13(20-21-14)11-5-3-2-4-6-11/h8,10-12,15H,2-7,9H2,1H3,(H,20,21)(H,18,19,22)/t12-,15+/m1/s1. The molecule has 8 heteroatoms. The van der Waals surface area contributed by atoms with E-state index in [4.69, 9.17) is 4.74 Å².